The third-order valence-corrected chi connectivity index (χ3v) is 13.5. The Balaban J connectivity index is 1.16. The normalized spacial score (nSPS) is 13.0. The molecule has 294 valence electrons. The fourth-order valence-corrected chi connectivity index (χ4v) is 11.0. The number of anilines is 3. The largest absolute Gasteiger partial charge is 0.454 e. The van der Waals surface area contributed by atoms with Crippen molar-refractivity contribution < 1.29 is 4.74 Å². The lowest BCUT2D eigenvalue weighted by atomic mass is 9.66. The first-order chi connectivity index (χ1) is 31.3. The minimum Gasteiger partial charge on any atom is -0.454 e. The van der Waals surface area contributed by atoms with Gasteiger partial charge in [-0.2, -0.15) is 0 Å². The Morgan fingerprint density at radius 1 is 0.286 bits per heavy atom. The van der Waals surface area contributed by atoms with Crippen molar-refractivity contribution in [2.24, 2.45) is 0 Å². The number of benzene rings is 10. The molecule has 10 aromatic carbocycles. The summed E-state index contributed by atoms with van der Waals surface area (Å²) in [7, 11) is 0. The molecule has 0 bridgehead atoms. The van der Waals surface area contributed by atoms with Crippen LogP contribution in [-0.2, 0) is 5.41 Å². The van der Waals surface area contributed by atoms with E-state index >= 15 is 0 Å². The van der Waals surface area contributed by atoms with Crippen LogP contribution >= 0.6 is 0 Å². The average molecular weight is 802 g/mol. The standard InChI is InChI=1S/C61H39NO/c1-2-19-40(20-3-1)42-21-11-16-34-57(42)62(58-35-18-30-52-46-25-7-6-24-45(46)51-29-12-17-36-59(51)63-60(52)58)41-37-38-50-44-23-5-4-22-43(44)47-26-8-13-31-53(47)61(56(50)39-41)54-32-14-9-27-48(54)49-28-10-15-33-55(49)61/h1-39H. The van der Waals surface area contributed by atoms with Gasteiger partial charge < -0.3 is 9.64 Å². The zero-order chi connectivity index (χ0) is 41.5. The number of ether oxygens (including phenoxy) is 1. The third kappa shape index (κ3) is 5.13. The van der Waals surface area contributed by atoms with Crippen molar-refractivity contribution in [2.75, 3.05) is 4.90 Å². The zero-order valence-electron chi connectivity index (χ0n) is 34.4. The molecule has 2 heteroatoms. The van der Waals surface area contributed by atoms with Crippen LogP contribution in [0.5, 0.6) is 11.5 Å². The van der Waals surface area contributed by atoms with Gasteiger partial charge in [0.2, 0.25) is 0 Å². The van der Waals surface area contributed by atoms with Crippen LogP contribution in [0.4, 0.5) is 17.1 Å². The second-order valence-corrected chi connectivity index (χ2v) is 16.7. The molecule has 0 N–H and O–H groups in total. The second-order valence-electron chi connectivity index (χ2n) is 16.7. The molecule has 0 atom stereocenters. The van der Waals surface area contributed by atoms with Crippen LogP contribution in [0.25, 0.3) is 66.8 Å². The summed E-state index contributed by atoms with van der Waals surface area (Å²) in [5, 5.41) is 0. The highest BCUT2D eigenvalue weighted by molar-refractivity contribution is 6.01. The van der Waals surface area contributed by atoms with E-state index in [-0.39, 0.29) is 0 Å². The van der Waals surface area contributed by atoms with Gasteiger partial charge in [-0.05, 0) is 103 Å². The van der Waals surface area contributed by atoms with Crippen molar-refractivity contribution in [1.82, 2.24) is 0 Å². The minimum absolute atomic E-state index is 0.624. The Bertz CT molecular complexity index is 3410. The highest BCUT2D eigenvalue weighted by atomic mass is 16.5. The molecular weight excluding hydrogens is 763 g/mol. The molecule has 0 fully saturated rings. The minimum atomic E-state index is -0.624. The van der Waals surface area contributed by atoms with E-state index in [1.807, 2.05) is 0 Å². The number of hydrogen-bond acceptors (Lipinski definition) is 2. The molecule has 1 aliphatic heterocycles. The summed E-state index contributed by atoms with van der Waals surface area (Å²) in [6, 6.07) is 86.7. The van der Waals surface area contributed by atoms with Crippen molar-refractivity contribution >= 4 is 17.1 Å². The highest BCUT2D eigenvalue weighted by Crippen LogP contribution is 2.62. The van der Waals surface area contributed by atoms with Crippen LogP contribution in [0.1, 0.15) is 22.3 Å². The first-order valence-corrected chi connectivity index (χ1v) is 21.8. The highest BCUT2D eigenvalue weighted by Gasteiger charge is 2.50. The Kier molecular flexibility index (Phi) is 7.85. The molecule has 1 heterocycles. The van der Waals surface area contributed by atoms with E-state index in [2.05, 4.69) is 241 Å². The van der Waals surface area contributed by atoms with Crippen LogP contribution in [0.2, 0.25) is 0 Å². The van der Waals surface area contributed by atoms with Crippen LogP contribution in [0.3, 0.4) is 0 Å². The van der Waals surface area contributed by atoms with Crippen molar-refractivity contribution in [2.45, 2.75) is 5.41 Å². The fourth-order valence-electron chi connectivity index (χ4n) is 11.0. The van der Waals surface area contributed by atoms with Crippen LogP contribution in [0.15, 0.2) is 237 Å². The molecule has 0 aromatic heterocycles. The Hall–Kier alpha value is -8.20. The summed E-state index contributed by atoms with van der Waals surface area (Å²) < 4.78 is 7.26. The van der Waals surface area contributed by atoms with Gasteiger partial charge in [-0.3, -0.25) is 0 Å². The van der Waals surface area contributed by atoms with Gasteiger partial charge in [-0.25, -0.2) is 0 Å². The molecule has 2 aliphatic carbocycles. The topological polar surface area (TPSA) is 12.5 Å². The second kappa shape index (κ2) is 13.9. The molecule has 0 unspecified atom stereocenters. The lowest BCUT2D eigenvalue weighted by Crippen LogP contribution is -2.29. The quantitative estimate of drug-likeness (QED) is 0.176. The van der Waals surface area contributed by atoms with Crippen molar-refractivity contribution in [1.29, 1.82) is 0 Å². The number of nitrogens with zero attached hydrogens (tertiary/aromatic N) is 1. The van der Waals surface area contributed by atoms with Gasteiger partial charge in [-0.15, -0.1) is 0 Å². The molecule has 2 nitrogen and oxygen atoms in total. The number of rotatable bonds is 4. The van der Waals surface area contributed by atoms with Gasteiger partial charge in [0.05, 0.1) is 16.8 Å². The summed E-state index contributed by atoms with van der Waals surface area (Å²) in [6.45, 7) is 0. The predicted molar refractivity (Wildman–Crippen MR) is 259 cm³/mol. The summed E-state index contributed by atoms with van der Waals surface area (Å²) >= 11 is 0. The van der Waals surface area contributed by atoms with E-state index in [9.17, 15) is 0 Å². The number of fused-ring (bicyclic) bond motifs is 17. The number of para-hydroxylation sites is 3. The third-order valence-electron chi connectivity index (χ3n) is 13.5. The first kappa shape index (κ1) is 35.5. The molecule has 0 saturated heterocycles. The van der Waals surface area contributed by atoms with Gasteiger partial charge >= 0.3 is 0 Å². The fraction of sp³-hybridized carbons (Fsp3) is 0.0164. The monoisotopic (exact) mass is 801 g/mol. The van der Waals surface area contributed by atoms with E-state index in [0.717, 1.165) is 61.9 Å². The lowest BCUT2D eigenvalue weighted by molar-refractivity contribution is 0.489. The number of hydrogen-bond donors (Lipinski definition) is 0. The van der Waals surface area contributed by atoms with Crippen molar-refractivity contribution in [3.63, 3.8) is 0 Å². The van der Waals surface area contributed by atoms with Crippen molar-refractivity contribution in [3.05, 3.63) is 259 Å². The Morgan fingerprint density at radius 3 is 1.35 bits per heavy atom. The molecule has 3 aliphatic rings. The summed E-state index contributed by atoms with van der Waals surface area (Å²) in [5.74, 6) is 1.65. The molecule has 0 saturated carbocycles. The van der Waals surface area contributed by atoms with E-state index in [4.69, 9.17) is 4.74 Å². The molecule has 10 aromatic rings. The maximum absolute atomic E-state index is 7.26. The Morgan fingerprint density at radius 2 is 0.714 bits per heavy atom. The summed E-state index contributed by atoms with van der Waals surface area (Å²) in [5.41, 5.74) is 21.7. The van der Waals surface area contributed by atoms with Crippen LogP contribution < -0.4 is 9.64 Å². The van der Waals surface area contributed by atoms with Gasteiger partial charge in [0.1, 0.15) is 5.75 Å². The lowest BCUT2D eigenvalue weighted by Gasteiger charge is -2.37. The SMILES string of the molecule is c1ccc(-c2ccccc2N(c2ccc3c(c2)C2(c4ccccc4-c4ccccc4-3)c3ccccc3-c3ccccc32)c2cccc3c2Oc2ccccc2-c2ccccc2-3)cc1. The molecule has 63 heavy (non-hydrogen) atoms. The molecule has 0 amide bonds. The molecule has 1 spiro atoms. The smallest absolute Gasteiger partial charge is 0.159 e. The van der Waals surface area contributed by atoms with E-state index < -0.39 is 5.41 Å². The molecular formula is C61H39NO. The first-order valence-electron chi connectivity index (χ1n) is 21.8. The van der Waals surface area contributed by atoms with Crippen LogP contribution in [0, 0.1) is 0 Å². The zero-order valence-corrected chi connectivity index (χ0v) is 34.4. The predicted octanol–water partition coefficient (Wildman–Crippen LogP) is 16.3. The Labute approximate surface area is 367 Å². The summed E-state index contributed by atoms with van der Waals surface area (Å²) in [4.78, 5) is 2.45. The maximum atomic E-state index is 7.26. The van der Waals surface area contributed by atoms with E-state index in [0.29, 0.717) is 0 Å². The van der Waals surface area contributed by atoms with E-state index in [1.54, 1.807) is 0 Å². The average Bonchev–Trinajstić information content (AvgIpc) is 3.50. The van der Waals surface area contributed by atoms with Gasteiger partial charge in [0, 0.05) is 22.4 Å². The van der Waals surface area contributed by atoms with E-state index in [1.165, 1.54) is 55.6 Å². The molecule has 0 radical (unpaired) electrons. The van der Waals surface area contributed by atoms with Gasteiger partial charge in [0.25, 0.3) is 0 Å². The summed E-state index contributed by atoms with van der Waals surface area (Å²) in [6.07, 6.45) is 0. The van der Waals surface area contributed by atoms with Crippen LogP contribution in [-0.4, -0.2) is 0 Å². The van der Waals surface area contributed by atoms with Gasteiger partial charge in [0.15, 0.2) is 5.75 Å². The van der Waals surface area contributed by atoms with Gasteiger partial charge in [-0.1, -0.05) is 206 Å². The molecule has 13 rings (SSSR count). The van der Waals surface area contributed by atoms with Crippen molar-refractivity contribution in [3.8, 4) is 78.3 Å². The maximum Gasteiger partial charge on any atom is 0.159 e.